The van der Waals surface area contributed by atoms with Crippen LogP contribution in [0.2, 0.25) is 0 Å². The molecule has 0 heterocycles. The maximum Gasteiger partial charge on any atom is -0.00134 e. The molecule has 212 valence electrons. The van der Waals surface area contributed by atoms with E-state index >= 15 is 0 Å². The van der Waals surface area contributed by atoms with E-state index in [9.17, 15) is 0 Å². The predicted octanol–water partition coefficient (Wildman–Crippen LogP) is 13.0. The number of fused-ring (bicyclic) bond motifs is 6. The van der Waals surface area contributed by atoms with Gasteiger partial charge in [-0.1, -0.05) is 164 Å². The Morgan fingerprint density at radius 2 is 0.739 bits per heavy atom. The Bertz CT molecular complexity index is 2770. The highest BCUT2D eigenvalue weighted by molar-refractivity contribution is 6.44. The maximum absolute atomic E-state index is 2.41. The van der Waals surface area contributed by atoms with Crippen LogP contribution >= 0.6 is 0 Å². The van der Waals surface area contributed by atoms with Crippen molar-refractivity contribution in [1.82, 2.24) is 0 Å². The van der Waals surface area contributed by atoms with E-state index in [4.69, 9.17) is 0 Å². The zero-order valence-electron chi connectivity index (χ0n) is 25.2. The fourth-order valence-electron chi connectivity index (χ4n) is 8.11. The van der Waals surface area contributed by atoms with Crippen LogP contribution in [0.1, 0.15) is 0 Å². The lowest BCUT2D eigenvalue weighted by atomic mass is 9.80. The first-order valence-corrected chi connectivity index (χ1v) is 16.0. The van der Waals surface area contributed by atoms with Crippen LogP contribution in [0.3, 0.4) is 0 Å². The fraction of sp³-hybridized carbons (Fsp3) is 0. The standard InChI is InChI=1S/C46H28/c1-3-14-29(15-4-1)32-19-9-10-21-35(32)42-36-22-11-12-23-37(36)44-40-27-26-33(30-16-5-2-6-17-30)41-28-31-18-7-8-20-34(31)43(46(40)41)39-25-13-24-38(42)45(39)44/h1-28H. The Hall–Kier alpha value is -5.98. The summed E-state index contributed by atoms with van der Waals surface area (Å²) in [5.41, 5.74) is 7.58. The minimum absolute atomic E-state index is 1.23. The third-order valence-corrected chi connectivity index (χ3v) is 9.98. The molecule has 0 saturated carbocycles. The molecule has 0 amide bonds. The summed E-state index contributed by atoms with van der Waals surface area (Å²) in [6, 6.07) is 62.6. The number of benzene rings is 10. The van der Waals surface area contributed by atoms with Gasteiger partial charge in [0.25, 0.3) is 0 Å². The second kappa shape index (κ2) is 9.76. The monoisotopic (exact) mass is 580 g/mol. The summed E-state index contributed by atoms with van der Waals surface area (Å²) in [5, 5.41) is 15.8. The third-order valence-electron chi connectivity index (χ3n) is 9.98. The van der Waals surface area contributed by atoms with Crippen molar-refractivity contribution >= 4 is 64.6 Å². The molecule has 0 aliphatic carbocycles. The van der Waals surface area contributed by atoms with Crippen LogP contribution in [0.4, 0.5) is 0 Å². The van der Waals surface area contributed by atoms with Gasteiger partial charge in [-0.2, -0.15) is 0 Å². The van der Waals surface area contributed by atoms with Crippen LogP contribution in [-0.4, -0.2) is 0 Å². The van der Waals surface area contributed by atoms with Crippen molar-refractivity contribution in [3.63, 3.8) is 0 Å². The van der Waals surface area contributed by atoms with Crippen molar-refractivity contribution in [3.8, 4) is 33.4 Å². The first-order valence-electron chi connectivity index (χ1n) is 16.0. The van der Waals surface area contributed by atoms with E-state index in [0.717, 1.165) is 0 Å². The molecule has 0 bridgehead atoms. The van der Waals surface area contributed by atoms with Gasteiger partial charge in [0.2, 0.25) is 0 Å². The van der Waals surface area contributed by atoms with E-state index in [1.165, 1.54) is 98.0 Å². The zero-order valence-corrected chi connectivity index (χ0v) is 25.2. The van der Waals surface area contributed by atoms with E-state index in [2.05, 4.69) is 170 Å². The van der Waals surface area contributed by atoms with Gasteiger partial charge in [0.15, 0.2) is 0 Å². The van der Waals surface area contributed by atoms with Gasteiger partial charge in [0.05, 0.1) is 0 Å². The molecule has 10 rings (SSSR count). The average molecular weight is 581 g/mol. The molecule has 0 radical (unpaired) electrons. The Morgan fingerprint density at radius 1 is 0.239 bits per heavy atom. The quantitative estimate of drug-likeness (QED) is 0.144. The van der Waals surface area contributed by atoms with E-state index < -0.39 is 0 Å². The van der Waals surface area contributed by atoms with E-state index in [-0.39, 0.29) is 0 Å². The first kappa shape index (κ1) is 25.4. The summed E-state index contributed by atoms with van der Waals surface area (Å²) in [7, 11) is 0. The molecule has 0 spiro atoms. The van der Waals surface area contributed by atoms with Crippen molar-refractivity contribution in [2.75, 3.05) is 0 Å². The molecule has 10 aromatic rings. The minimum atomic E-state index is 1.23. The van der Waals surface area contributed by atoms with Gasteiger partial charge in [-0.25, -0.2) is 0 Å². The minimum Gasteiger partial charge on any atom is -0.0622 e. The van der Waals surface area contributed by atoms with Gasteiger partial charge in [-0.15, -0.1) is 0 Å². The van der Waals surface area contributed by atoms with Crippen molar-refractivity contribution in [1.29, 1.82) is 0 Å². The number of rotatable bonds is 3. The first-order chi connectivity index (χ1) is 22.9. The normalized spacial score (nSPS) is 11.9. The summed E-state index contributed by atoms with van der Waals surface area (Å²) in [6.45, 7) is 0. The second-order valence-corrected chi connectivity index (χ2v) is 12.4. The van der Waals surface area contributed by atoms with Gasteiger partial charge in [0.1, 0.15) is 0 Å². The SMILES string of the molecule is c1ccc(-c2ccccc2-c2c3ccccc3c3c4ccc(-c5ccccc5)c5cc6ccccc6c(c6cccc2c63)c54)cc1. The predicted molar refractivity (Wildman–Crippen MR) is 199 cm³/mol. The smallest absolute Gasteiger partial charge is 0.00134 e. The highest BCUT2D eigenvalue weighted by atomic mass is 14.3. The van der Waals surface area contributed by atoms with Crippen molar-refractivity contribution in [2.45, 2.75) is 0 Å². The largest absolute Gasteiger partial charge is 0.0622 e. The summed E-state index contributed by atoms with van der Waals surface area (Å²) < 4.78 is 0. The molecule has 0 aromatic heterocycles. The van der Waals surface area contributed by atoms with Gasteiger partial charge < -0.3 is 0 Å². The summed E-state index contributed by atoms with van der Waals surface area (Å²) in [5.74, 6) is 0. The Kier molecular flexibility index (Phi) is 5.38. The Labute approximate surface area is 267 Å². The van der Waals surface area contributed by atoms with Crippen LogP contribution < -0.4 is 0 Å². The lowest BCUT2D eigenvalue weighted by Gasteiger charge is -2.22. The van der Waals surface area contributed by atoms with Gasteiger partial charge in [0, 0.05) is 0 Å². The van der Waals surface area contributed by atoms with Crippen molar-refractivity contribution < 1.29 is 0 Å². The molecule has 0 aliphatic rings. The van der Waals surface area contributed by atoms with Crippen LogP contribution in [0.15, 0.2) is 170 Å². The number of hydrogen-bond donors (Lipinski definition) is 0. The fourth-order valence-corrected chi connectivity index (χ4v) is 8.11. The van der Waals surface area contributed by atoms with Crippen molar-refractivity contribution in [3.05, 3.63) is 170 Å². The highest BCUT2D eigenvalue weighted by Crippen LogP contribution is 2.51. The molecule has 10 aromatic carbocycles. The summed E-state index contributed by atoms with van der Waals surface area (Å²) in [4.78, 5) is 0. The van der Waals surface area contributed by atoms with E-state index in [0.29, 0.717) is 0 Å². The lowest BCUT2D eigenvalue weighted by molar-refractivity contribution is 1.61. The molecule has 0 saturated heterocycles. The Morgan fingerprint density at radius 3 is 1.52 bits per heavy atom. The molecule has 46 heavy (non-hydrogen) atoms. The Balaban J connectivity index is 1.47. The third kappa shape index (κ3) is 3.50. The van der Waals surface area contributed by atoms with Gasteiger partial charge >= 0.3 is 0 Å². The number of hydrogen-bond acceptors (Lipinski definition) is 0. The average Bonchev–Trinajstić information content (AvgIpc) is 3.13. The van der Waals surface area contributed by atoms with Crippen LogP contribution in [0, 0.1) is 0 Å². The molecule has 0 N–H and O–H groups in total. The topological polar surface area (TPSA) is 0 Å². The molecule has 0 aliphatic heterocycles. The molecule has 0 heteroatoms. The summed E-state index contributed by atoms with van der Waals surface area (Å²) in [6.07, 6.45) is 0. The van der Waals surface area contributed by atoms with E-state index in [1.807, 2.05) is 0 Å². The van der Waals surface area contributed by atoms with Gasteiger partial charge in [-0.3, -0.25) is 0 Å². The van der Waals surface area contributed by atoms with Crippen LogP contribution in [0.5, 0.6) is 0 Å². The van der Waals surface area contributed by atoms with Gasteiger partial charge in [-0.05, 0) is 104 Å². The molecule has 0 unspecified atom stereocenters. The van der Waals surface area contributed by atoms with Crippen LogP contribution in [0.25, 0.3) is 98.0 Å². The highest BCUT2D eigenvalue weighted by Gasteiger charge is 2.23. The van der Waals surface area contributed by atoms with Crippen LogP contribution in [-0.2, 0) is 0 Å². The lowest BCUT2D eigenvalue weighted by Crippen LogP contribution is -1.94. The second-order valence-electron chi connectivity index (χ2n) is 12.4. The molecular weight excluding hydrogens is 553 g/mol. The molecule has 0 atom stereocenters. The maximum atomic E-state index is 2.41. The molecule has 0 fully saturated rings. The zero-order chi connectivity index (χ0) is 30.2. The molecular formula is C46H28. The van der Waals surface area contributed by atoms with E-state index in [1.54, 1.807) is 0 Å². The van der Waals surface area contributed by atoms with Crippen molar-refractivity contribution in [2.24, 2.45) is 0 Å². The molecule has 0 nitrogen and oxygen atoms in total. The summed E-state index contributed by atoms with van der Waals surface area (Å²) >= 11 is 0.